The fourth-order valence-corrected chi connectivity index (χ4v) is 4.13. The summed E-state index contributed by atoms with van der Waals surface area (Å²) in [5.41, 5.74) is 2.04. The lowest BCUT2D eigenvalue weighted by molar-refractivity contribution is 0.0144. The van der Waals surface area contributed by atoms with Crippen molar-refractivity contribution in [1.82, 2.24) is 10.3 Å². The van der Waals surface area contributed by atoms with Crippen LogP contribution in [0.15, 0.2) is 54.6 Å². The van der Waals surface area contributed by atoms with Crippen molar-refractivity contribution >= 4 is 5.91 Å². The van der Waals surface area contributed by atoms with Gasteiger partial charge in [-0.05, 0) is 74.7 Å². The van der Waals surface area contributed by atoms with Gasteiger partial charge in [-0.15, -0.1) is 0 Å². The number of benzene rings is 2. The van der Waals surface area contributed by atoms with Crippen LogP contribution in [0.1, 0.15) is 58.7 Å². The van der Waals surface area contributed by atoms with Gasteiger partial charge in [0.15, 0.2) is 0 Å². The van der Waals surface area contributed by atoms with Gasteiger partial charge in [0.2, 0.25) is 0 Å². The van der Waals surface area contributed by atoms with E-state index in [1.165, 1.54) is 30.3 Å². The lowest BCUT2D eigenvalue weighted by Gasteiger charge is -2.23. The Labute approximate surface area is 203 Å². The number of rotatable bonds is 4. The first-order valence-electron chi connectivity index (χ1n) is 11.4. The normalized spacial score (nSPS) is 18.3. The third kappa shape index (κ3) is 6.23. The Morgan fingerprint density at radius 1 is 1.14 bits per heavy atom. The van der Waals surface area contributed by atoms with Gasteiger partial charge in [-0.3, -0.25) is 4.79 Å². The maximum atomic E-state index is 14.0. The number of amides is 1. The second kappa shape index (κ2) is 10.7. The molecule has 1 fully saturated rings. The molecule has 1 amide bonds. The van der Waals surface area contributed by atoms with Crippen LogP contribution in [0.3, 0.4) is 0 Å². The highest BCUT2D eigenvalue weighted by molar-refractivity contribution is 5.93. The van der Waals surface area contributed by atoms with Crippen molar-refractivity contribution in [3.63, 3.8) is 0 Å². The van der Waals surface area contributed by atoms with Crippen LogP contribution in [-0.4, -0.2) is 28.7 Å². The molecule has 3 atom stereocenters. The van der Waals surface area contributed by atoms with E-state index < -0.39 is 23.6 Å². The van der Waals surface area contributed by atoms with E-state index in [2.05, 4.69) is 22.1 Å². The predicted octanol–water partition coefficient (Wildman–Crippen LogP) is 5.06. The number of phenols is 1. The second-order valence-electron chi connectivity index (χ2n) is 8.72. The fourth-order valence-electron chi connectivity index (χ4n) is 4.13. The molecule has 0 bridgehead atoms. The zero-order valence-corrected chi connectivity index (χ0v) is 19.5. The highest BCUT2D eigenvalue weighted by atomic mass is 19.1. The van der Waals surface area contributed by atoms with E-state index in [1.807, 2.05) is 13.0 Å². The minimum atomic E-state index is -0.931. The van der Waals surface area contributed by atoms with Crippen LogP contribution in [0.2, 0.25) is 0 Å². The zero-order chi connectivity index (χ0) is 24.9. The van der Waals surface area contributed by atoms with E-state index in [0.29, 0.717) is 23.4 Å². The molecule has 0 spiro atoms. The Kier molecular flexibility index (Phi) is 7.42. The van der Waals surface area contributed by atoms with Gasteiger partial charge in [0, 0.05) is 29.3 Å². The van der Waals surface area contributed by atoms with E-state index in [9.17, 15) is 18.7 Å². The van der Waals surface area contributed by atoms with Gasteiger partial charge in [0.25, 0.3) is 5.91 Å². The Bertz CT molecular complexity index is 1280. The topological polar surface area (TPSA) is 71.5 Å². The summed E-state index contributed by atoms with van der Waals surface area (Å²) < 4.78 is 33.1. The SMILES string of the molecule is Cc1cc(C#C[C@@H]2CCO[C@H](C)C2)cc(C(=O)NC(c2ccc(F)cc2)c2cc(F)ccc2O)n1. The summed E-state index contributed by atoms with van der Waals surface area (Å²) in [5, 5.41) is 13.2. The average Bonchev–Trinajstić information content (AvgIpc) is 2.83. The summed E-state index contributed by atoms with van der Waals surface area (Å²) in [5.74, 6) is 4.89. The maximum absolute atomic E-state index is 14.0. The van der Waals surface area contributed by atoms with Crippen LogP contribution in [0.5, 0.6) is 5.75 Å². The van der Waals surface area contributed by atoms with Crippen LogP contribution < -0.4 is 5.32 Å². The van der Waals surface area contributed by atoms with Crippen molar-refractivity contribution in [2.24, 2.45) is 5.92 Å². The van der Waals surface area contributed by atoms with Crippen molar-refractivity contribution in [2.75, 3.05) is 6.61 Å². The van der Waals surface area contributed by atoms with Crippen molar-refractivity contribution in [2.45, 2.75) is 38.8 Å². The Hall–Kier alpha value is -3.76. The number of hydrogen-bond acceptors (Lipinski definition) is 4. The van der Waals surface area contributed by atoms with E-state index in [-0.39, 0.29) is 29.0 Å². The maximum Gasteiger partial charge on any atom is 0.270 e. The lowest BCUT2D eigenvalue weighted by Crippen LogP contribution is -2.30. The number of carbonyl (C=O) groups is 1. The summed E-state index contributed by atoms with van der Waals surface area (Å²) in [7, 11) is 0. The van der Waals surface area contributed by atoms with Gasteiger partial charge >= 0.3 is 0 Å². The molecule has 5 nitrogen and oxygen atoms in total. The standard InChI is InChI=1S/C28H26F2N2O3/c1-17-13-20(4-3-19-11-12-35-18(2)14-19)15-25(31-17)28(34)32-27(21-5-7-22(29)8-6-21)24-16-23(30)9-10-26(24)33/h5-10,13,15-16,18-19,27,33H,11-12,14H2,1-2H3,(H,32,34)/t18-,19-,27?/m1/s1. The number of nitrogens with zero attached hydrogens (tertiary/aromatic N) is 1. The smallest absolute Gasteiger partial charge is 0.270 e. The Balaban J connectivity index is 1.63. The van der Waals surface area contributed by atoms with E-state index in [1.54, 1.807) is 13.0 Å². The number of aromatic nitrogens is 1. The number of aromatic hydroxyl groups is 1. The molecule has 1 aliphatic rings. The Morgan fingerprint density at radius 3 is 2.63 bits per heavy atom. The molecule has 3 aromatic rings. The summed E-state index contributed by atoms with van der Waals surface area (Å²) >= 11 is 0. The van der Waals surface area contributed by atoms with Gasteiger partial charge in [0.1, 0.15) is 23.1 Å². The molecule has 1 unspecified atom stereocenters. The van der Waals surface area contributed by atoms with E-state index >= 15 is 0 Å². The largest absolute Gasteiger partial charge is 0.508 e. The number of halogens is 2. The van der Waals surface area contributed by atoms with Crippen molar-refractivity contribution in [1.29, 1.82) is 0 Å². The lowest BCUT2D eigenvalue weighted by atomic mass is 9.96. The number of phenolic OH excluding ortho intramolecular Hbond substituents is 1. The number of hydrogen-bond donors (Lipinski definition) is 2. The van der Waals surface area contributed by atoms with Crippen molar-refractivity contribution in [3.8, 4) is 17.6 Å². The molecule has 0 radical (unpaired) electrons. The summed E-state index contributed by atoms with van der Waals surface area (Å²) in [6, 6.07) is 11.4. The third-order valence-electron chi connectivity index (χ3n) is 5.87. The molecule has 180 valence electrons. The number of carbonyl (C=O) groups excluding carboxylic acids is 1. The molecule has 2 N–H and O–H groups in total. The number of pyridine rings is 1. The molecule has 2 heterocycles. The first kappa shape index (κ1) is 24.4. The summed E-state index contributed by atoms with van der Waals surface area (Å²) in [6.45, 7) is 4.48. The number of ether oxygens (including phenoxy) is 1. The van der Waals surface area contributed by atoms with Crippen molar-refractivity contribution < 1.29 is 23.4 Å². The van der Waals surface area contributed by atoms with Crippen LogP contribution in [0.25, 0.3) is 0 Å². The van der Waals surface area contributed by atoms with Gasteiger partial charge in [-0.1, -0.05) is 24.0 Å². The highest BCUT2D eigenvalue weighted by Crippen LogP contribution is 2.30. The van der Waals surface area contributed by atoms with E-state index in [4.69, 9.17) is 4.74 Å². The van der Waals surface area contributed by atoms with E-state index in [0.717, 1.165) is 25.0 Å². The molecule has 1 aliphatic heterocycles. The molecular weight excluding hydrogens is 450 g/mol. The molecular formula is C28H26F2N2O3. The summed E-state index contributed by atoms with van der Waals surface area (Å²) in [4.78, 5) is 17.6. The van der Waals surface area contributed by atoms with Gasteiger partial charge in [0.05, 0.1) is 12.1 Å². The molecule has 7 heteroatoms. The van der Waals surface area contributed by atoms with Crippen LogP contribution in [-0.2, 0) is 4.74 Å². The van der Waals surface area contributed by atoms with Crippen LogP contribution >= 0.6 is 0 Å². The molecule has 1 aromatic heterocycles. The summed E-state index contributed by atoms with van der Waals surface area (Å²) in [6.07, 6.45) is 1.90. The van der Waals surface area contributed by atoms with Gasteiger partial charge in [-0.25, -0.2) is 13.8 Å². The molecule has 1 saturated heterocycles. The second-order valence-corrected chi connectivity index (χ2v) is 8.72. The molecule has 35 heavy (non-hydrogen) atoms. The first-order valence-corrected chi connectivity index (χ1v) is 11.4. The number of nitrogens with one attached hydrogen (secondary N) is 1. The molecule has 2 aromatic carbocycles. The predicted molar refractivity (Wildman–Crippen MR) is 128 cm³/mol. The quantitative estimate of drug-likeness (QED) is 0.517. The molecule has 0 aliphatic carbocycles. The van der Waals surface area contributed by atoms with Gasteiger partial charge in [-0.2, -0.15) is 0 Å². The minimum absolute atomic E-state index is 0.137. The fraction of sp³-hybridized carbons (Fsp3) is 0.286. The zero-order valence-electron chi connectivity index (χ0n) is 19.5. The molecule has 0 saturated carbocycles. The monoisotopic (exact) mass is 476 g/mol. The van der Waals surface area contributed by atoms with Gasteiger partial charge < -0.3 is 15.2 Å². The van der Waals surface area contributed by atoms with Crippen LogP contribution in [0, 0.1) is 36.3 Å². The van der Waals surface area contributed by atoms with Crippen molar-refractivity contribution in [3.05, 3.63) is 94.3 Å². The number of aryl methyl sites for hydroxylation is 1. The minimum Gasteiger partial charge on any atom is -0.508 e. The third-order valence-corrected chi connectivity index (χ3v) is 5.87. The van der Waals surface area contributed by atoms with Crippen LogP contribution in [0.4, 0.5) is 8.78 Å². The first-order chi connectivity index (χ1) is 16.8. The Morgan fingerprint density at radius 2 is 1.89 bits per heavy atom. The highest BCUT2D eigenvalue weighted by Gasteiger charge is 2.23. The average molecular weight is 477 g/mol. The molecule has 4 rings (SSSR count).